The van der Waals surface area contributed by atoms with Crippen LogP contribution in [0.2, 0.25) is 0 Å². The Morgan fingerprint density at radius 2 is 1.88 bits per heavy atom. The van der Waals surface area contributed by atoms with Crippen molar-refractivity contribution in [1.29, 1.82) is 0 Å². The summed E-state index contributed by atoms with van der Waals surface area (Å²) in [7, 11) is 0. The van der Waals surface area contributed by atoms with Gasteiger partial charge in [0.2, 0.25) is 0 Å². The van der Waals surface area contributed by atoms with Crippen LogP contribution in [0.5, 0.6) is 0 Å². The molecule has 25 heavy (non-hydrogen) atoms. The topological polar surface area (TPSA) is 52.6 Å². The van der Waals surface area contributed by atoms with Crippen molar-refractivity contribution in [1.82, 2.24) is 4.90 Å². The number of anilines is 1. The van der Waals surface area contributed by atoms with E-state index in [-0.39, 0.29) is 12.5 Å². The number of aliphatic hydroxyl groups excluding tert-OH is 1. The molecule has 2 aromatic carbocycles. The molecular formula is C21H26N2O2. The van der Waals surface area contributed by atoms with E-state index in [0.29, 0.717) is 11.6 Å². The SMILES string of the molecule is O=C(Nc1ccccc1)c1ccc(CN2CCCC2CCCO)cc1. The van der Waals surface area contributed by atoms with Crippen LogP contribution < -0.4 is 5.32 Å². The molecule has 1 fully saturated rings. The zero-order valence-electron chi connectivity index (χ0n) is 14.5. The molecule has 0 saturated carbocycles. The number of likely N-dealkylation sites (tertiary alicyclic amines) is 1. The standard InChI is InChI=1S/C21H26N2O2/c24-15-5-9-20-8-4-14-23(20)16-17-10-12-18(13-11-17)21(25)22-19-6-2-1-3-7-19/h1-3,6-7,10-13,20,24H,4-5,8-9,14-16H2,(H,22,25). The lowest BCUT2D eigenvalue weighted by molar-refractivity contribution is 0.102. The highest BCUT2D eigenvalue weighted by atomic mass is 16.2. The van der Waals surface area contributed by atoms with E-state index in [4.69, 9.17) is 5.11 Å². The highest BCUT2D eigenvalue weighted by molar-refractivity contribution is 6.04. The molecule has 0 bridgehead atoms. The molecule has 2 aromatic rings. The maximum atomic E-state index is 12.3. The van der Waals surface area contributed by atoms with E-state index < -0.39 is 0 Å². The monoisotopic (exact) mass is 338 g/mol. The van der Waals surface area contributed by atoms with Gasteiger partial charge in [0.25, 0.3) is 5.91 Å². The first kappa shape index (κ1) is 17.6. The normalized spacial score (nSPS) is 17.6. The van der Waals surface area contributed by atoms with Gasteiger partial charge in [0.1, 0.15) is 0 Å². The molecular weight excluding hydrogens is 312 g/mol. The van der Waals surface area contributed by atoms with E-state index in [9.17, 15) is 4.79 Å². The molecule has 1 aliphatic rings. The van der Waals surface area contributed by atoms with Crippen LogP contribution in [0.1, 0.15) is 41.6 Å². The van der Waals surface area contributed by atoms with E-state index >= 15 is 0 Å². The Kier molecular flexibility index (Phi) is 6.20. The van der Waals surface area contributed by atoms with Crippen molar-refractivity contribution < 1.29 is 9.90 Å². The van der Waals surface area contributed by atoms with Crippen LogP contribution in [-0.2, 0) is 6.54 Å². The molecule has 0 aromatic heterocycles. The van der Waals surface area contributed by atoms with Gasteiger partial charge in [-0.3, -0.25) is 9.69 Å². The van der Waals surface area contributed by atoms with Gasteiger partial charge in [0, 0.05) is 30.4 Å². The fourth-order valence-electron chi connectivity index (χ4n) is 3.48. The van der Waals surface area contributed by atoms with Gasteiger partial charge in [-0.25, -0.2) is 0 Å². The van der Waals surface area contributed by atoms with Crippen LogP contribution in [0.25, 0.3) is 0 Å². The van der Waals surface area contributed by atoms with E-state index in [1.54, 1.807) is 0 Å². The Morgan fingerprint density at radius 3 is 2.60 bits per heavy atom. The number of para-hydroxylation sites is 1. The van der Waals surface area contributed by atoms with E-state index in [0.717, 1.165) is 31.6 Å². The lowest BCUT2D eigenvalue weighted by Gasteiger charge is -2.24. The van der Waals surface area contributed by atoms with Crippen molar-refractivity contribution in [2.24, 2.45) is 0 Å². The molecule has 4 heteroatoms. The quantitative estimate of drug-likeness (QED) is 0.810. The average molecular weight is 338 g/mol. The fourth-order valence-corrected chi connectivity index (χ4v) is 3.48. The third kappa shape index (κ3) is 4.91. The number of rotatable bonds is 7. The van der Waals surface area contributed by atoms with E-state index in [1.807, 2.05) is 54.6 Å². The summed E-state index contributed by atoms with van der Waals surface area (Å²) in [6.45, 7) is 2.30. The van der Waals surface area contributed by atoms with E-state index in [2.05, 4.69) is 10.2 Å². The minimum Gasteiger partial charge on any atom is -0.396 e. The summed E-state index contributed by atoms with van der Waals surface area (Å²) in [6.07, 6.45) is 4.39. The van der Waals surface area contributed by atoms with Gasteiger partial charge in [-0.05, 0) is 62.1 Å². The number of carbonyl (C=O) groups excluding carboxylic acids is 1. The minimum absolute atomic E-state index is 0.0836. The molecule has 132 valence electrons. The van der Waals surface area contributed by atoms with Gasteiger partial charge >= 0.3 is 0 Å². The summed E-state index contributed by atoms with van der Waals surface area (Å²) in [6, 6.07) is 18.0. The number of nitrogens with one attached hydrogen (secondary N) is 1. The number of amides is 1. The summed E-state index contributed by atoms with van der Waals surface area (Å²) >= 11 is 0. The van der Waals surface area contributed by atoms with Crippen LogP contribution in [-0.4, -0.2) is 35.1 Å². The molecule has 1 atom stereocenters. The first-order chi connectivity index (χ1) is 12.3. The van der Waals surface area contributed by atoms with Crippen LogP contribution in [0.3, 0.4) is 0 Å². The van der Waals surface area contributed by atoms with Crippen molar-refractivity contribution in [3.05, 3.63) is 65.7 Å². The van der Waals surface area contributed by atoms with Crippen molar-refractivity contribution in [2.75, 3.05) is 18.5 Å². The van der Waals surface area contributed by atoms with E-state index in [1.165, 1.54) is 18.4 Å². The second-order valence-electron chi connectivity index (χ2n) is 6.65. The molecule has 3 rings (SSSR count). The maximum Gasteiger partial charge on any atom is 0.255 e. The predicted octanol–water partition coefficient (Wildman–Crippen LogP) is 3.68. The number of carbonyl (C=O) groups is 1. The van der Waals surface area contributed by atoms with Gasteiger partial charge in [-0.1, -0.05) is 30.3 Å². The highest BCUT2D eigenvalue weighted by Crippen LogP contribution is 2.23. The second-order valence-corrected chi connectivity index (χ2v) is 6.65. The van der Waals surface area contributed by atoms with Gasteiger partial charge < -0.3 is 10.4 Å². The van der Waals surface area contributed by atoms with Crippen LogP contribution in [0.4, 0.5) is 5.69 Å². The Hall–Kier alpha value is -2.17. The molecule has 1 aliphatic heterocycles. The number of hydrogen-bond acceptors (Lipinski definition) is 3. The number of hydrogen-bond donors (Lipinski definition) is 2. The first-order valence-electron chi connectivity index (χ1n) is 9.06. The zero-order chi connectivity index (χ0) is 17.5. The molecule has 0 aliphatic carbocycles. The average Bonchev–Trinajstić information content (AvgIpc) is 3.08. The third-order valence-corrected chi connectivity index (χ3v) is 4.83. The number of nitrogens with zero attached hydrogens (tertiary/aromatic N) is 1. The summed E-state index contributed by atoms with van der Waals surface area (Å²) < 4.78 is 0. The van der Waals surface area contributed by atoms with Crippen LogP contribution in [0.15, 0.2) is 54.6 Å². The van der Waals surface area contributed by atoms with Crippen molar-refractivity contribution in [3.8, 4) is 0 Å². The van der Waals surface area contributed by atoms with Gasteiger partial charge in [0.15, 0.2) is 0 Å². The van der Waals surface area contributed by atoms with Crippen LogP contribution >= 0.6 is 0 Å². The molecule has 1 unspecified atom stereocenters. The highest BCUT2D eigenvalue weighted by Gasteiger charge is 2.23. The number of benzene rings is 2. The van der Waals surface area contributed by atoms with Crippen molar-refractivity contribution in [2.45, 2.75) is 38.3 Å². The predicted molar refractivity (Wildman–Crippen MR) is 101 cm³/mol. The molecule has 1 heterocycles. The first-order valence-corrected chi connectivity index (χ1v) is 9.06. The summed E-state index contributed by atoms with van der Waals surface area (Å²) in [4.78, 5) is 14.8. The molecule has 4 nitrogen and oxygen atoms in total. The molecule has 1 amide bonds. The largest absolute Gasteiger partial charge is 0.396 e. The third-order valence-electron chi connectivity index (χ3n) is 4.83. The molecule has 0 spiro atoms. The summed E-state index contributed by atoms with van der Waals surface area (Å²) in [5, 5.41) is 11.9. The maximum absolute atomic E-state index is 12.3. The summed E-state index contributed by atoms with van der Waals surface area (Å²) in [5.41, 5.74) is 2.71. The summed E-state index contributed by atoms with van der Waals surface area (Å²) in [5.74, 6) is -0.0836. The Morgan fingerprint density at radius 1 is 1.12 bits per heavy atom. The fraction of sp³-hybridized carbons (Fsp3) is 0.381. The smallest absolute Gasteiger partial charge is 0.255 e. The lowest BCUT2D eigenvalue weighted by Crippen LogP contribution is -2.29. The number of aliphatic hydroxyl groups is 1. The molecule has 0 radical (unpaired) electrons. The second kappa shape index (κ2) is 8.79. The van der Waals surface area contributed by atoms with Crippen molar-refractivity contribution in [3.63, 3.8) is 0 Å². The molecule has 2 N–H and O–H groups in total. The van der Waals surface area contributed by atoms with Gasteiger partial charge in [0.05, 0.1) is 0 Å². The molecule has 1 saturated heterocycles. The zero-order valence-corrected chi connectivity index (χ0v) is 14.5. The van der Waals surface area contributed by atoms with Gasteiger partial charge in [-0.2, -0.15) is 0 Å². The van der Waals surface area contributed by atoms with Gasteiger partial charge in [-0.15, -0.1) is 0 Å². The van der Waals surface area contributed by atoms with Crippen molar-refractivity contribution >= 4 is 11.6 Å². The Bertz CT molecular complexity index is 670. The van der Waals surface area contributed by atoms with Crippen LogP contribution in [0, 0.1) is 0 Å². The Labute approximate surface area is 149 Å². The Balaban J connectivity index is 1.57. The minimum atomic E-state index is -0.0836. The lowest BCUT2D eigenvalue weighted by atomic mass is 10.1.